The van der Waals surface area contributed by atoms with Crippen LogP contribution in [0.4, 0.5) is 0 Å². The predicted octanol–water partition coefficient (Wildman–Crippen LogP) is 1.38. The molecule has 0 amide bonds. The number of sulfonamides is 1. The molecule has 1 aromatic heterocycles. The second-order valence-electron chi connectivity index (χ2n) is 3.88. The molecule has 0 aliphatic heterocycles. The van der Waals surface area contributed by atoms with Crippen LogP contribution in [0.1, 0.15) is 29.6 Å². The van der Waals surface area contributed by atoms with E-state index in [0.29, 0.717) is 0 Å². The standard InChI is InChI=1S/C10H18N2O2S2/c1-7-4-5-10(15-7)9(3)12-16(13,14)8(2)6-11/h4-5,8-9,12H,6,11H2,1-3H3. The number of nitrogens with two attached hydrogens (primary N) is 1. The second-order valence-corrected chi connectivity index (χ2v) is 7.33. The van der Waals surface area contributed by atoms with Gasteiger partial charge in [0.2, 0.25) is 10.0 Å². The van der Waals surface area contributed by atoms with E-state index in [1.165, 1.54) is 4.88 Å². The molecule has 0 radical (unpaired) electrons. The third-order valence-electron chi connectivity index (χ3n) is 2.39. The average molecular weight is 262 g/mol. The van der Waals surface area contributed by atoms with Gasteiger partial charge in [-0.1, -0.05) is 0 Å². The topological polar surface area (TPSA) is 72.2 Å². The van der Waals surface area contributed by atoms with E-state index in [2.05, 4.69) is 4.72 Å². The number of thiophene rings is 1. The van der Waals surface area contributed by atoms with Gasteiger partial charge in [0.1, 0.15) is 0 Å². The fourth-order valence-corrected chi connectivity index (χ4v) is 3.29. The first-order valence-corrected chi connectivity index (χ1v) is 7.50. The van der Waals surface area contributed by atoms with Crippen molar-refractivity contribution in [2.24, 2.45) is 5.73 Å². The van der Waals surface area contributed by atoms with Gasteiger partial charge < -0.3 is 5.73 Å². The van der Waals surface area contributed by atoms with Gasteiger partial charge in [-0.25, -0.2) is 13.1 Å². The quantitative estimate of drug-likeness (QED) is 0.842. The molecule has 0 aliphatic rings. The maximum Gasteiger partial charge on any atom is 0.216 e. The summed E-state index contributed by atoms with van der Waals surface area (Å²) in [5.41, 5.74) is 5.36. The molecule has 0 aromatic carbocycles. The van der Waals surface area contributed by atoms with Crippen LogP contribution in [-0.2, 0) is 10.0 Å². The lowest BCUT2D eigenvalue weighted by molar-refractivity contribution is 0.556. The molecule has 2 atom stereocenters. The zero-order valence-electron chi connectivity index (χ0n) is 9.73. The van der Waals surface area contributed by atoms with Crippen LogP contribution in [0.25, 0.3) is 0 Å². The van der Waals surface area contributed by atoms with Gasteiger partial charge in [0.25, 0.3) is 0 Å². The summed E-state index contributed by atoms with van der Waals surface area (Å²) in [7, 11) is -3.32. The lowest BCUT2D eigenvalue weighted by Crippen LogP contribution is -2.38. The molecular formula is C10H18N2O2S2. The highest BCUT2D eigenvalue weighted by atomic mass is 32.2. The minimum Gasteiger partial charge on any atom is -0.329 e. The van der Waals surface area contributed by atoms with E-state index >= 15 is 0 Å². The van der Waals surface area contributed by atoms with Crippen LogP contribution in [-0.4, -0.2) is 20.2 Å². The molecular weight excluding hydrogens is 244 g/mol. The van der Waals surface area contributed by atoms with Gasteiger partial charge >= 0.3 is 0 Å². The van der Waals surface area contributed by atoms with E-state index in [4.69, 9.17) is 5.73 Å². The van der Waals surface area contributed by atoms with E-state index in [-0.39, 0.29) is 12.6 Å². The van der Waals surface area contributed by atoms with Crippen molar-refractivity contribution < 1.29 is 8.42 Å². The van der Waals surface area contributed by atoms with E-state index in [0.717, 1.165) is 4.88 Å². The highest BCUT2D eigenvalue weighted by Gasteiger charge is 2.22. The van der Waals surface area contributed by atoms with E-state index in [1.807, 2.05) is 26.0 Å². The van der Waals surface area contributed by atoms with Crippen LogP contribution >= 0.6 is 11.3 Å². The molecule has 4 nitrogen and oxygen atoms in total. The molecule has 6 heteroatoms. The maximum absolute atomic E-state index is 11.8. The zero-order valence-corrected chi connectivity index (χ0v) is 11.4. The van der Waals surface area contributed by atoms with E-state index in [9.17, 15) is 8.42 Å². The summed E-state index contributed by atoms with van der Waals surface area (Å²) in [5, 5.41) is -0.559. The fraction of sp³-hybridized carbons (Fsp3) is 0.600. The molecule has 1 aromatic rings. The lowest BCUT2D eigenvalue weighted by atomic mass is 10.3. The first-order valence-electron chi connectivity index (χ1n) is 5.14. The molecule has 0 bridgehead atoms. The predicted molar refractivity (Wildman–Crippen MR) is 68.0 cm³/mol. The second kappa shape index (κ2) is 5.27. The smallest absolute Gasteiger partial charge is 0.216 e. The average Bonchev–Trinajstić information content (AvgIpc) is 2.63. The van der Waals surface area contributed by atoms with Crippen molar-refractivity contribution in [3.8, 4) is 0 Å². The SMILES string of the molecule is Cc1ccc(C(C)NS(=O)(=O)C(C)CN)s1. The van der Waals surface area contributed by atoms with Crippen molar-refractivity contribution in [2.75, 3.05) is 6.54 Å². The molecule has 16 heavy (non-hydrogen) atoms. The van der Waals surface area contributed by atoms with Crippen LogP contribution in [0.2, 0.25) is 0 Å². The van der Waals surface area contributed by atoms with E-state index in [1.54, 1.807) is 18.3 Å². The van der Waals surface area contributed by atoms with Crippen LogP contribution < -0.4 is 10.5 Å². The van der Waals surface area contributed by atoms with Crippen LogP contribution in [0, 0.1) is 6.92 Å². The molecule has 0 saturated heterocycles. The summed E-state index contributed by atoms with van der Waals surface area (Å²) in [6, 6.07) is 3.73. The van der Waals surface area contributed by atoms with Gasteiger partial charge in [-0.05, 0) is 32.9 Å². The third-order valence-corrected chi connectivity index (χ3v) is 5.51. The Balaban J connectivity index is 2.75. The van der Waals surface area contributed by atoms with Gasteiger partial charge in [0, 0.05) is 16.3 Å². The molecule has 0 fully saturated rings. The van der Waals surface area contributed by atoms with Gasteiger partial charge in [-0.2, -0.15) is 0 Å². The Labute approximate surface area is 101 Å². The highest BCUT2D eigenvalue weighted by Crippen LogP contribution is 2.23. The van der Waals surface area contributed by atoms with Crippen molar-refractivity contribution in [1.82, 2.24) is 4.72 Å². The number of aryl methyl sites for hydroxylation is 1. The minimum absolute atomic E-state index is 0.130. The number of rotatable bonds is 5. The van der Waals surface area contributed by atoms with Gasteiger partial charge in [-0.15, -0.1) is 11.3 Å². The van der Waals surface area contributed by atoms with Gasteiger partial charge in [0.05, 0.1) is 11.3 Å². The Morgan fingerprint density at radius 2 is 2.06 bits per heavy atom. The minimum atomic E-state index is -3.32. The van der Waals surface area contributed by atoms with Crippen molar-refractivity contribution in [1.29, 1.82) is 0 Å². The highest BCUT2D eigenvalue weighted by molar-refractivity contribution is 7.90. The molecule has 92 valence electrons. The summed E-state index contributed by atoms with van der Waals surface area (Å²) >= 11 is 1.60. The first kappa shape index (κ1) is 13.6. The molecule has 2 unspecified atom stereocenters. The molecule has 1 heterocycles. The van der Waals surface area contributed by atoms with Gasteiger partial charge in [-0.3, -0.25) is 0 Å². The Morgan fingerprint density at radius 3 is 2.50 bits per heavy atom. The van der Waals surface area contributed by atoms with Crippen molar-refractivity contribution in [3.05, 3.63) is 21.9 Å². The normalized spacial score (nSPS) is 16.0. The number of hydrogen-bond acceptors (Lipinski definition) is 4. The summed E-state index contributed by atoms with van der Waals surface area (Å²) in [6.45, 7) is 5.57. The Morgan fingerprint density at radius 1 is 1.44 bits per heavy atom. The van der Waals surface area contributed by atoms with Crippen LogP contribution in [0.3, 0.4) is 0 Å². The number of nitrogens with one attached hydrogen (secondary N) is 1. The van der Waals surface area contributed by atoms with Gasteiger partial charge in [0.15, 0.2) is 0 Å². The Hall–Kier alpha value is -0.430. The molecule has 1 rings (SSSR count). The third kappa shape index (κ3) is 3.28. The van der Waals surface area contributed by atoms with Crippen LogP contribution in [0.5, 0.6) is 0 Å². The summed E-state index contributed by atoms with van der Waals surface area (Å²) in [6.07, 6.45) is 0. The zero-order chi connectivity index (χ0) is 12.3. The molecule has 0 spiro atoms. The summed E-state index contributed by atoms with van der Waals surface area (Å²) in [4.78, 5) is 2.19. The van der Waals surface area contributed by atoms with Crippen LogP contribution in [0.15, 0.2) is 12.1 Å². The lowest BCUT2D eigenvalue weighted by Gasteiger charge is -2.16. The Kier molecular flexibility index (Phi) is 4.49. The largest absolute Gasteiger partial charge is 0.329 e. The van der Waals surface area contributed by atoms with Crippen molar-refractivity contribution in [2.45, 2.75) is 32.1 Å². The molecule has 0 aliphatic carbocycles. The van der Waals surface area contributed by atoms with Crippen molar-refractivity contribution in [3.63, 3.8) is 0 Å². The summed E-state index contributed by atoms with van der Waals surface area (Å²) < 4.78 is 26.2. The summed E-state index contributed by atoms with van der Waals surface area (Å²) in [5.74, 6) is 0. The van der Waals surface area contributed by atoms with Crippen molar-refractivity contribution >= 4 is 21.4 Å². The fourth-order valence-electron chi connectivity index (χ4n) is 1.23. The number of hydrogen-bond donors (Lipinski definition) is 2. The maximum atomic E-state index is 11.8. The molecule has 0 saturated carbocycles. The monoisotopic (exact) mass is 262 g/mol. The van der Waals surface area contributed by atoms with E-state index < -0.39 is 15.3 Å². The first-order chi connectivity index (χ1) is 7.36. The Bertz CT molecular complexity index is 439. The molecule has 3 N–H and O–H groups in total.